The fourth-order valence-electron chi connectivity index (χ4n) is 2.53. The van der Waals surface area contributed by atoms with Crippen LogP contribution in [0.3, 0.4) is 0 Å². The highest BCUT2D eigenvalue weighted by Gasteiger charge is 2.13. The maximum atomic E-state index is 10.5. The minimum atomic E-state index is 0.331. The van der Waals surface area contributed by atoms with Crippen LogP contribution in [0.2, 0.25) is 0 Å². The van der Waals surface area contributed by atoms with Gasteiger partial charge in [-0.05, 0) is 19.9 Å². The van der Waals surface area contributed by atoms with Gasteiger partial charge in [-0.15, -0.1) is 0 Å². The first kappa shape index (κ1) is 11.8. The summed E-state index contributed by atoms with van der Waals surface area (Å²) in [6, 6.07) is 13.9. The lowest BCUT2D eigenvalue weighted by atomic mass is 9.99. The van der Waals surface area contributed by atoms with E-state index in [1.807, 2.05) is 56.3 Å². The van der Waals surface area contributed by atoms with E-state index in [1.165, 1.54) is 0 Å². The molecule has 19 heavy (non-hydrogen) atoms. The van der Waals surface area contributed by atoms with Gasteiger partial charge in [-0.25, -0.2) is 0 Å². The molecule has 0 saturated carbocycles. The molecule has 0 heterocycles. The molecule has 2 nitrogen and oxygen atoms in total. The van der Waals surface area contributed by atoms with Gasteiger partial charge in [-0.2, -0.15) is 0 Å². The summed E-state index contributed by atoms with van der Waals surface area (Å²) in [5, 5.41) is 14.1. The summed E-state index contributed by atoms with van der Waals surface area (Å²) in [7, 11) is 0. The molecule has 0 spiro atoms. The van der Waals surface area contributed by atoms with Gasteiger partial charge < -0.3 is 9.84 Å². The molecule has 0 aliphatic heterocycles. The first-order chi connectivity index (χ1) is 9.22. The standard InChI is InChI=1S/C17H16O2/c1-3-19-17-13-7-5-4-6-12(13)16(18)15-10-11(2)8-9-14(15)17/h4-10,18H,3H2,1-2H3. The van der Waals surface area contributed by atoms with Crippen LogP contribution in [-0.4, -0.2) is 11.7 Å². The van der Waals surface area contributed by atoms with Gasteiger partial charge in [0, 0.05) is 21.5 Å². The number of hydrogen-bond acceptors (Lipinski definition) is 2. The van der Waals surface area contributed by atoms with Crippen molar-refractivity contribution in [3.8, 4) is 11.5 Å². The number of aromatic hydroxyl groups is 1. The largest absolute Gasteiger partial charge is 0.507 e. The Labute approximate surface area is 112 Å². The van der Waals surface area contributed by atoms with Crippen LogP contribution >= 0.6 is 0 Å². The fourth-order valence-corrected chi connectivity index (χ4v) is 2.53. The molecule has 3 rings (SSSR count). The molecule has 3 aromatic rings. The van der Waals surface area contributed by atoms with Crippen molar-refractivity contribution in [1.82, 2.24) is 0 Å². The van der Waals surface area contributed by atoms with Gasteiger partial charge in [0.15, 0.2) is 0 Å². The Hall–Kier alpha value is -2.22. The van der Waals surface area contributed by atoms with E-state index in [4.69, 9.17) is 4.74 Å². The number of benzene rings is 3. The molecule has 0 saturated heterocycles. The fraction of sp³-hybridized carbons (Fsp3) is 0.176. The maximum Gasteiger partial charge on any atom is 0.135 e. The lowest BCUT2D eigenvalue weighted by Crippen LogP contribution is -1.94. The van der Waals surface area contributed by atoms with E-state index in [9.17, 15) is 5.11 Å². The van der Waals surface area contributed by atoms with Crippen LogP contribution in [0.25, 0.3) is 21.5 Å². The van der Waals surface area contributed by atoms with Gasteiger partial charge in [0.2, 0.25) is 0 Å². The van der Waals surface area contributed by atoms with Crippen LogP contribution in [0.1, 0.15) is 12.5 Å². The lowest BCUT2D eigenvalue weighted by Gasteiger charge is -2.14. The van der Waals surface area contributed by atoms with Gasteiger partial charge in [-0.3, -0.25) is 0 Å². The predicted molar refractivity (Wildman–Crippen MR) is 79.0 cm³/mol. The highest BCUT2D eigenvalue weighted by molar-refractivity contribution is 6.10. The summed E-state index contributed by atoms with van der Waals surface area (Å²) in [6.07, 6.45) is 0. The number of aryl methyl sites for hydroxylation is 1. The minimum absolute atomic E-state index is 0.331. The Kier molecular flexibility index (Phi) is 2.79. The summed E-state index contributed by atoms with van der Waals surface area (Å²) in [6.45, 7) is 4.60. The first-order valence-corrected chi connectivity index (χ1v) is 6.49. The Bertz CT molecular complexity index is 760. The first-order valence-electron chi connectivity index (χ1n) is 6.49. The molecule has 1 N–H and O–H groups in total. The van der Waals surface area contributed by atoms with E-state index in [2.05, 4.69) is 0 Å². The average Bonchev–Trinajstić information content (AvgIpc) is 2.44. The van der Waals surface area contributed by atoms with E-state index < -0.39 is 0 Å². The summed E-state index contributed by atoms with van der Waals surface area (Å²) < 4.78 is 5.82. The van der Waals surface area contributed by atoms with Gasteiger partial charge in [0.25, 0.3) is 0 Å². The molecule has 0 aromatic heterocycles. The smallest absolute Gasteiger partial charge is 0.135 e. The number of rotatable bonds is 2. The second-order valence-electron chi connectivity index (χ2n) is 4.71. The molecule has 0 radical (unpaired) electrons. The zero-order chi connectivity index (χ0) is 13.4. The van der Waals surface area contributed by atoms with Crippen LogP contribution in [0.15, 0.2) is 42.5 Å². The summed E-state index contributed by atoms with van der Waals surface area (Å²) in [5.74, 6) is 1.18. The Morgan fingerprint density at radius 3 is 2.37 bits per heavy atom. The van der Waals surface area contributed by atoms with Crippen molar-refractivity contribution in [3.63, 3.8) is 0 Å². The molecule has 2 heteroatoms. The van der Waals surface area contributed by atoms with Crippen LogP contribution in [0, 0.1) is 6.92 Å². The Morgan fingerprint density at radius 2 is 1.63 bits per heavy atom. The third-order valence-corrected chi connectivity index (χ3v) is 3.39. The zero-order valence-electron chi connectivity index (χ0n) is 11.1. The number of phenolic OH excluding ortho intramolecular Hbond substituents is 1. The summed E-state index contributed by atoms with van der Waals surface area (Å²) in [4.78, 5) is 0. The topological polar surface area (TPSA) is 29.5 Å². The SMILES string of the molecule is CCOc1c2ccccc2c(O)c2cc(C)ccc12. The highest BCUT2D eigenvalue weighted by Crippen LogP contribution is 2.42. The Balaban J connectivity index is 2.53. The van der Waals surface area contributed by atoms with Crippen molar-refractivity contribution in [1.29, 1.82) is 0 Å². The average molecular weight is 252 g/mol. The van der Waals surface area contributed by atoms with E-state index >= 15 is 0 Å². The monoisotopic (exact) mass is 252 g/mol. The molecule has 0 aliphatic rings. The highest BCUT2D eigenvalue weighted by atomic mass is 16.5. The molecule has 0 fully saturated rings. The van der Waals surface area contributed by atoms with Crippen LogP contribution in [-0.2, 0) is 0 Å². The van der Waals surface area contributed by atoms with E-state index in [-0.39, 0.29) is 0 Å². The van der Waals surface area contributed by atoms with E-state index in [1.54, 1.807) is 0 Å². The summed E-state index contributed by atoms with van der Waals surface area (Å²) in [5.41, 5.74) is 1.13. The van der Waals surface area contributed by atoms with E-state index in [0.29, 0.717) is 12.4 Å². The second-order valence-corrected chi connectivity index (χ2v) is 4.71. The molecule has 96 valence electrons. The van der Waals surface area contributed by atoms with Crippen LogP contribution in [0.5, 0.6) is 11.5 Å². The van der Waals surface area contributed by atoms with Gasteiger partial charge >= 0.3 is 0 Å². The van der Waals surface area contributed by atoms with Gasteiger partial charge in [-0.1, -0.05) is 42.0 Å². The maximum absolute atomic E-state index is 10.5. The van der Waals surface area contributed by atoms with Crippen molar-refractivity contribution in [2.75, 3.05) is 6.61 Å². The van der Waals surface area contributed by atoms with Crippen molar-refractivity contribution in [2.45, 2.75) is 13.8 Å². The molecule has 3 aromatic carbocycles. The van der Waals surface area contributed by atoms with Crippen molar-refractivity contribution < 1.29 is 9.84 Å². The van der Waals surface area contributed by atoms with Crippen molar-refractivity contribution in [2.24, 2.45) is 0 Å². The van der Waals surface area contributed by atoms with Crippen molar-refractivity contribution in [3.05, 3.63) is 48.0 Å². The molecule has 0 aliphatic carbocycles. The molecule has 0 amide bonds. The number of phenols is 1. The predicted octanol–water partition coefficient (Wildman–Crippen LogP) is 4.41. The Morgan fingerprint density at radius 1 is 0.947 bits per heavy atom. The van der Waals surface area contributed by atoms with Crippen LogP contribution in [0.4, 0.5) is 0 Å². The van der Waals surface area contributed by atoms with E-state index in [0.717, 1.165) is 32.9 Å². The molecular formula is C17H16O2. The molecule has 0 atom stereocenters. The molecule has 0 bridgehead atoms. The lowest BCUT2D eigenvalue weighted by molar-refractivity contribution is 0.348. The van der Waals surface area contributed by atoms with Gasteiger partial charge in [0.1, 0.15) is 11.5 Å². The van der Waals surface area contributed by atoms with Gasteiger partial charge in [0.05, 0.1) is 6.61 Å². The van der Waals surface area contributed by atoms with Crippen LogP contribution < -0.4 is 4.74 Å². The normalized spacial score (nSPS) is 11.1. The number of ether oxygens (including phenoxy) is 1. The number of fused-ring (bicyclic) bond motifs is 2. The quantitative estimate of drug-likeness (QED) is 0.685. The molecular weight excluding hydrogens is 236 g/mol. The summed E-state index contributed by atoms with van der Waals surface area (Å²) >= 11 is 0. The zero-order valence-corrected chi connectivity index (χ0v) is 11.1. The number of hydrogen-bond donors (Lipinski definition) is 1. The van der Waals surface area contributed by atoms with Crippen molar-refractivity contribution >= 4 is 21.5 Å². The second kappa shape index (κ2) is 4.47. The third kappa shape index (κ3) is 1.80. The molecule has 0 unspecified atom stereocenters. The minimum Gasteiger partial charge on any atom is -0.507 e. The third-order valence-electron chi connectivity index (χ3n) is 3.39.